The number of aromatic nitrogens is 1. The zero-order valence-corrected chi connectivity index (χ0v) is 39.2. The molecule has 0 N–H and O–H groups in total. The quantitative estimate of drug-likeness (QED) is 0.0851. The lowest BCUT2D eigenvalue weighted by Crippen LogP contribution is -2.75. The number of pyridine rings is 1. The summed E-state index contributed by atoms with van der Waals surface area (Å²) in [4.78, 5) is 0. The van der Waals surface area contributed by atoms with Crippen molar-refractivity contribution in [2.75, 3.05) is 0 Å². The van der Waals surface area contributed by atoms with Gasteiger partial charge in [0.1, 0.15) is 6.15 Å². The average molecular weight is 1190 g/mol. The third-order valence-corrected chi connectivity index (χ3v) is 12.2. The van der Waals surface area contributed by atoms with E-state index in [0.717, 1.165) is 11.0 Å². The van der Waals surface area contributed by atoms with Gasteiger partial charge in [0.05, 0.1) is 44.5 Å². The van der Waals surface area contributed by atoms with Crippen molar-refractivity contribution in [1.29, 1.82) is 0 Å². The van der Waals surface area contributed by atoms with Gasteiger partial charge in [-0.05, 0) is 47.5 Å². The smallest absolute Gasteiger partial charge is 0.201 e. The number of hydrogen-bond acceptors (Lipinski definition) is 0. The molecule has 7 aromatic rings. The van der Waals surface area contributed by atoms with E-state index in [1.165, 1.54) is 16.7 Å². The summed E-state index contributed by atoms with van der Waals surface area (Å²) in [5, 5.41) is 0. The van der Waals surface area contributed by atoms with Crippen molar-refractivity contribution in [2.24, 2.45) is 0 Å². The molecule has 1 aromatic heterocycles. The second-order valence-corrected chi connectivity index (χ2v) is 17.9. The molecule has 1 heterocycles. The van der Waals surface area contributed by atoms with Gasteiger partial charge in [0.2, 0.25) is 0 Å². The maximum absolute atomic E-state index is 14.2. The van der Waals surface area contributed by atoms with Gasteiger partial charge >= 0.3 is 49.4 Å². The molecule has 77 heavy (non-hydrogen) atoms. The summed E-state index contributed by atoms with van der Waals surface area (Å²) in [6.07, 6.45) is -50.5. The highest BCUT2D eigenvalue weighted by molar-refractivity contribution is 9.10. The van der Waals surface area contributed by atoms with E-state index in [0.29, 0.717) is 0 Å². The van der Waals surface area contributed by atoms with Gasteiger partial charge < -0.3 is 0 Å². The third kappa shape index (κ3) is 14.1. The van der Waals surface area contributed by atoms with Crippen LogP contribution >= 0.6 is 15.9 Å². The maximum Gasteiger partial charge on any atom is 0.416 e. The lowest BCUT2D eigenvalue weighted by molar-refractivity contribution is -0.688. The van der Waals surface area contributed by atoms with Crippen molar-refractivity contribution in [3.05, 3.63) is 206 Å². The van der Waals surface area contributed by atoms with Gasteiger partial charge in [-0.1, -0.05) is 107 Å². The Morgan fingerprint density at radius 1 is 0.299 bits per heavy atom. The second kappa shape index (κ2) is 20.9. The number of benzene rings is 6. The number of halogens is 25. The van der Waals surface area contributed by atoms with E-state index in [4.69, 9.17) is 0 Å². The van der Waals surface area contributed by atoms with Crippen LogP contribution in [0.25, 0.3) is 11.1 Å². The van der Waals surface area contributed by atoms with Crippen LogP contribution < -0.4 is 26.4 Å². The van der Waals surface area contributed by atoms with Gasteiger partial charge in [-0.25, -0.2) is 4.57 Å². The van der Waals surface area contributed by atoms with Crippen molar-refractivity contribution in [2.45, 2.75) is 56.0 Å². The summed E-state index contributed by atoms with van der Waals surface area (Å²) in [6, 6.07) is 14.4. The van der Waals surface area contributed by atoms with Gasteiger partial charge in [0, 0.05) is 22.2 Å². The summed E-state index contributed by atoms with van der Waals surface area (Å²) in [6.45, 7) is 0.904. The Morgan fingerprint density at radius 3 is 0.766 bits per heavy atom. The summed E-state index contributed by atoms with van der Waals surface area (Å²) in [5.74, 6) is 0. The monoisotopic (exact) mass is 1190 g/mol. The molecule has 7 rings (SSSR count). The van der Waals surface area contributed by atoms with E-state index >= 15 is 0 Å². The van der Waals surface area contributed by atoms with Crippen molar-refractivity contribution in [3.8, 4) is 11.1 Å². The fourth-order valence-corrected chi connectivity index (χ4v) is 8.53. The minimum Gasteiger partial charge on any atom is -0.201 e. The molecule has 0 spiro atoms. The van der Waals surface area contributed by atoms with Crippen molar-refractivity contribution < 1.29 is 110 Å². The average Bonchev–Trinajstić information content (AvgIpc) is 3.30. The molecule has 0 fully saturated rings. The molecule has 0 bridgehead atoms. The van der Waals surface area contributed by atoms with Crippen molar-refractivity contribution in [1.82, 2.24) is 0 Å². The summed E-state index contributed by atoms with van der Waals surface area (Å²) >= 11 is 3.46. The highest BCUT2D eigenvalue weighted by Crippen LogP contribution is 2.41. The van der Waals surface area contributed by atoms with Gasteiger partial charge in [-0.15, -0.1) is 0 Å². The molecule has 410 valence electrons. The fraction of sp³-hybridized carbons (Fsp3) is 0.180. The fourth-order valence-electron chi connectivity index (χ4n) is 8.26. The van der Waals surface area contributed by atoms with Crippen molar-refractivity contribution >= 4 is 43.9 Å². The van der Waals surface area contributed by atoms with Crippen LogP contribution in [0, 0.1) is 0 Å². The highest BCUT2D eigenvalue weighted by atomic mass is 79.9. The molecule has 27 heteroatoms. The zero-order valence-electron chi connectivity index (χ0n) is 37.6. The van der Waals surface area contributed by atoms with Crippen LogP contribution in [-0.2, 0) is 56.0 Å². The van der Waals surface area contributed by atoms with Crippen molar-refractivity contribution in [3.63, 3.8) is 0 Å². The van der Waals surface area contributed by atoms with Crippen LogP contribution in [0.4, 0.5) is 105 Å². The predicted molar refractivity (Wildman–Crippen MR) is 235 cm³/mol. The van der Waals surface area contributed by atoms with E-state index < -0.39 is 195 Å². The number of nitrogens with zero attached hydrogens (tertiary/aromatic N) is 1. The maximum atomic E-state index is 14.2. The molecule has 1 nitrogen and oxygen atoms in total. The SMILES string of the molecule is Brc1ccc(-c2cc[n+](Cc3ccccc3)cc2)cc1.FC(F)(F)c1cc([B-](c2cc(C(F)(F)F)cc(C(F)(F)F)c2)(c2cc(C(F)(F)F)cc(C(F)(F)F)c2)c2cc(C(F)(F)F)cc(C(F)(F)F)c2)cc(C(F)(F)F)c1. The molecule has 0 aliphatic carbocycles. The third-order valence-electron chi connectivity index (χ3n) is 11.7. The standard InChI is InChI=1S/C32H12BF24.C18H15BrN/c34-25(35,36)13-1-14(26(37,38)39)6-21(5-13)33(22-7-15(27(40,41)42)2-16(8-22)28(43,44)45,23-9-17(29(46,47)48)3-18(10-23)30(49,50)51)24-11-19(31(52,53)54)4-20(12-24)32(55,56)57;19-18-8-6-16(7-9-18)17-10-12-20(13-11-17)14-15-4-2-1-3-5-15/h1-12H;1-13H,14H2/q-1;+1. The Bertz CT molecular complexity index is 2760. The normalized spacial score (nSPS) is 13.3. The Labute approximate surface area is 426 Å². The van der Waals surface area contributed by atoms with Crippen LogP contribution in [-0.4, -0.2) is 6.15 Å². The Balaban J connectivity index is 0.000000397. The Kier molecular flexibility index (Phi) is 16.2. The van der Waals surface area contributed by atoms with Crippen LogP contribution in [0.5, 0.6) is 0 Å². The van der Waals surface area contributed by atoms with E-state index in [1.54, 1.807) is 0 Å². The first-order valence-corrected chi connectivity index (χ1v) is 22.0. The van der Waals surface area contributed by atoms with Crippen LogP contribution in [0.1, 0.15) is 50.1 Å². The van der Waals surface area contributed by atoms with E-state index in [-0.39, 0.29) is 0 Å². The van der Waals surface area contributed by atoms with E-state index in [9.17, 15) is 105 Å². The second-order valence-electron chi connectivity index (χ2n) is 17.0. The summed E-state index contributed by atoms with van der Waals surface area (Å²) in [7, 11) is 0. The van der Waals surface area contributed by atoms with E-state index in [1.807, 2.05) is 6.07 Å². The first-order valence-electron chi connectivity index (χ1n) is 21.2. The number of alkyl halides is 24. The summed E-state index contributed by atoms with van der Waals surface area (Å²) < 4.78 is 344. The molecular weight excluding hydrogens is 1160 g/mol. The van der Waals surface area contributed by atoms with Gasteiger partial charge in [-0.3, -0.25) is 0 Å². The summed E-state index contributed by atoms with van der Waals surface area (Å²) in [5.41, 5.74) is -26.4. The van der Waals surface area contributed by atoms with Crippen LogP contribution in [0.15, 0.2) is 156 Å². The largest absolute Gasteiger partial charge is 0.416 e. The van der Waals surface area contributed by atoms with Gasteiger partial charge in [0.25, 0.3) is 0 Å². The number of rotatable bonds is 7. The Morgan fingerprint density at radius 2 is 0.532 bits per heavy atom. The molecule has 0 saturated carbocycles. The number of hydrogen-bond donors (Lipinski definition) is 0. The molecule has 0 amide bonds. The van der Waals surface area contributed by atoms with Crippen LogP contribution in [0.2, 0.25) is 0 Å². The molecule has 6 aromatic carbocycles. The highest BCUT2D eigenvalue weighted by Gasteiger charge is 2.47. The molecule has 0 unspecified atom stereocenters. The zero-order chi connectivity index (χ0) is 57.7. The molecule has 0 aliphatic rings. The lowest BCUT2D eigenvalue weighted by atomic mass is 9.12. The Hall–Kier alpha value is -6.67. The lowest BCUT2D eigenvalue weighted by Gasteiger charge is -2.46. The minimum atomic E-state index is -6.13. The first-order chi connectivity index (χ1) is 35.1. The predicted octanol–water partition coefficient (Wildman–Crippen LogP) is 15.7. The van der Waals surface area contributed by atoms with Gasteiger partial charge in [-0.2, -0.15) is 127 Å². The minimum absolute atomic E-state index is 0.691. The molecule has 0 atom stereocenters. The topological polar surface area (TPSA) is 3.88 Å². The molecule has 0 aliphatic heterocycles. The molecule has 0 radical (unpaired) electrons. The van der Waals surface area contributed by atoms with E-state index in [2.05, 4.69) is 93.6 Å². The first kappa shape index (κ1) is 59.6. The molecule has 0 saturated heterocycles. The van der Waals surface area contributed by atoms with Gasteiger partial charge in [0.15, 0.2) is 18.9 Å². The molecular formula is C50H27BBrF24N. The van der Waals surface area contributed by atoms with Crippen LogP contribution in [0.3, 0.4) is 0 Å².